The number of nitrogens with zero attached hydrogens (tertiary/aromatic N) is 2. The molecule has 2 fully saturated rings. The van der Waals surface area contributed by atoms with E-state index in [1.165, 1.54) is 6.42 Å². The third kappa shape index (κ3) is 2.95. The molecule has 2 heterocycles. The zero-order chi connectivity index (χ0) is 14.8. The van der Waals surface area contributed by atoms with E-state index in [0.717, 1.165) is 44.3 Å². The molecule has 114 valence electrons. The van der Waals surface area contributed by atoms with Gasteiger partial charge in [-0.1, -0.05) is 12.8 Å². The molecular formula is C17H24N2O2. The van der Waals surface area contributed by atoms with Crippen LogP contribution in [0.25, 0.3) is 0 Å². The lowest BCUT2D eigenvalue weighted by atomic mass is 9.80. The third-order valence-electron chi connectivity index (χ3n) is 4.99. The van der Waals surface area contributed by atoms with E-state index in [0.29, 0.717) is 5.56 Å². The predicted molar refractivity (Wildman–Crippen MR) is 81.0 cm³/mol. The molecule has 0 aromatic carbocycles. The Morgan fingerprint density at radius 3 is 2.76 bits per heavy atom. The van der Waals surface area contributed by atoms with Gasteiger partial charge in [0.25, 0.3) is 5.91 Å². The van der Waals surface area contributed by atoms with Gasteiger partial charge in [0.05, 0.1) is 11.7 Å². The molecule has 0 radical (unpaired) electrons. The van der Waals surface area contributed by atoms with Gasteiger partial charge in [-0.05, 0) is 44.7 Å². The van der Waals surface area contributed by atoms with Gasteiger partial charge < -0.3 is 10.0 Å². The number of amides is 1. The number of hydrogen-bond acceptors (Lipinski definition) is 3. The fourth-order valence-corrected chi connectivity index (χ4v) is 3.84. The van der Waals surface area contributed by atoms with E-state index < -0.39 is 0 Å². The van der Waals surface area contributed by atoms with Crippen molar-refractivity contribution >= 4 is 5.91 Å². The van der Waals surface area contributed by atoms with Gasteiger partial charge in [-0.3, -0.25) is 9.78 Å². The standard InChI is InChI=1S/C17H24N2O2/c1-12-8-9-13(11-18-12)17(21)19-10-4-6-15(19)14-5-2-3-7-16(14)20/h8-9,11,14-16,20H,2-7,10H2,1H3/t14-,15+,16-/m0/s1. The van der Waals surface area contributed by atoms with E-state index in [1.807, 2.05) is 24.0 Å². The highest BCUT2D eigenvalue weighted by Crippen LogP contribution is 2.35. The number of aliphatic hydroxyl groups is 1. The number of carbonyl (C=O) groups is 1. The number of hydrogen-bond donors (Lipinski definition) is 1. The monoisotopic (exact) mass is 288 g/mol. The smallest absolute Gasteiger partial charge is 0.255 e. The van der Waals surface area contributed by atoms with Crippen molar-refractivity contribution in [3.05, 3.63) is 29.6 Å². The van der Waals surface area contributed by atoms with Crippen molar-refractivity contribution in [2.75, 3.05) is 6.54 Å². The summed E-state index contributed by atoms with van der Waals surface area (Å²) >= 11 is 0. The van der Waals surface area contributed by atoms with Gasteiger partial charge in [-0.15, -0.1) is 0 Å². The first-order valence-corrected chi connectivity index (χ1v) is 8.08. The Kier molecular flexibility index (Phi) is 4.24. The maximum absolute atomic E-state index is 12.7. The number of aromatic nitrogens is 1. The molecule has 1 amide bonds. The molecule has 1 aliphatic carbocycles. The van der Waals surface area contributed by atoms with Crippen LogP contribution in [0.5, 0.6) is 0 Å². The zero-order valence-electron chi connectivity index (χ0n) is 12.7. The molecular weight excluding hydrogens is 264 g/mol. The van der Waals surface area contributed by atoms with E-state index in [4.69, 9.17) is 0 Å². The van der Waals surface area contributed by atoms with Crippen molar-refractivity contribution in [1.29, 1.82) is 0 Å². The Hall–Kier alpha value is -1.42. The van der Waals surface area contributed by atoms with Gasteiger partial charge in [-0.2, -0.15) is 0 Å². The first-order valence-electron chi connectivity index (χ1n) is 8.08. The number of aliphatic hydroxyl groups excluding tert-OH is 1. The Morgan fingerprint density at radius 1 is 1.24 bits per heavy atom. The Morgan fingerprint density at radius 2 is 2.05 bits per heavy atom. The zero-order valence-corrected chi connectivity index (χ0v) is 12.7. The molecule has 4 heteroatoms. The molecule has 3 rings (SSSR count). The minimum absolute atomic E-state index is 0.0720. The first kappa shape index (κ1) is 14.5. The average molecular weight is 288 g/mol. The van der Waals surface area contributed by atoms with Crippen LogP contribution in [0.2, 0.25) is 0 Å². The van der Waals surface area contributed by atoms with E-state index in [2.05, 4.69) is 4.98 Å². The van der Waals surface area contributed by atoms with Crippen molar-refractivity contribution in [2.45, 2.75) is 57.6 Å². The lowest BCUT2D eigenvalue weighted by molar-refractivity contribution is 0.0211. The maximum Gasteiger partial charge on any atom is 0.255 e. The van der Waals surface area contributed by atoms with Crippen LogP contribution < -0.4 is 0 Å². The summed E-state index contributed by atoms with van der Waals surface area (Å²) < 4.78 is 0. The lowest BCUT2D eigenvalue weighted by Gasteiger charge is -2.37. The number of carbonyl (C=O) groups excluding carboxylic acids is 1. The maximum atomic E-state index is 12.7. The second kappa shape index (κ2) is 6.14. The second-order valence-electron chi connectivity index (χ2n) is 6.41. The molecule has 1 aromatic heterocycles. The van der Waals surface area contributed by atoms with Crippen LogP contribution in [0, 0.1) is 12.8 Å². The highest BCUT2D eigenvalue weighted by Gasteiger charge is 2.39. The Balaban J connectivity index is 1.76. The van der Waals surface area contributed by atoms with Crippen LogP contribution in [0.1, 0.15) is 54.6 Å². The minimum atomic E-state index is -0.242. The van der Waals surface area contributed by atoms with Crippen molar-refractivity contribution < 1.29 is 9.90 Å². The van der Waals surface area contributed by atoms with E-state index >= 15 is 0 Å². The molecule has 4 nitrogen and oxygen atoms in total. The number of pyridine rings is 1. The summed E-state index contributed by atoms with van der Waals surface area (Å²) in [5, 5.41) is 10.3. The summed E-state index contributed by atoms with van der Waals surface area (Å²) in [7, 11) is 0. The van der Waals surface area contributed by atoms with Crippen LogP contribution in [-0.4, -0.2) is 39.6 Å². The Labute approximate surface area is 126 Å². The summed E-state index contributed by atoms with van der Waals surface area (Å²) in [6.45, 7) is 2.73. The summed E-state index contributed by atoms with van der Waals surface area (Å²) in [6, 6.07) is 3.94. The van der Waals surface area contributed by atoms with Crippen molar-refractivity contribution in [1.82, 2.24) is 9.88 Å². The van der Waals surface area contributed by atoms with Crippen LogP contribution in [0.3, 0.4) is 0 Å². The predicted octanol–water partition coefficient (Wildman–Crippen LogP) is 2.55. The topological polar surface area (TPSA) is 53.4 Å². The first-order chi connectivity index (χ1) is 10.2. The highest BCUT2D eigenvalue weighted by molar-refractivity contribution is 5.94. The van der Waals surface area contributed by atoms with Crippen molar-refractivity contribution in [3.63, 3.8) is 0 Å². The van der Waals surface area contributed by atoms with Gasteiger partial charge in [0.15, 0.2) is 0 Å². The van der Waals surface area contributed by atoms with Gasteiger partial charge in [0.1, 0.15) is 0 Å². The normalized spacial score (nSPS) is 29.6. The molecule has 2 aliphatic rings. The van der Waals surface area contributed by atoms with E-state index in [1.54, 1.807) is 6.20 Å². The van der Waals surface area contributed by atoms with E-state index in [-0.39, 0.29) is 24.0 Å². The minimum Gasteiger partial charge on any atom is -0.393 e. The molecule has 0 bridgehead atoms. The van der Waals surface area contributed by atoms with Gasteiger partial charge in [0, 0.05) is 30.4 Å². The molecule has 1 saturated heterocycles. The largest absolute Gasteiger partial charge is 0.393 e. The molecule has 1 aliphatic heterocycles. The lowest BCUT2D eigenvalue weighted by Crippen LogP contribution is -2.45. The van der Waals surface area contributed by atoms with Crippen LogP contribution in [0.4, 0.5) is 0 Å². The van der Waals surface area contributed by atoms with E-state index in [9.17, 15) is 9.90 Å². The van der Waals surface area contributed by atoms with Gasteiger partial charge >= 0.3 is 0 Å². The summed E-state index contributed by atoms with van der Waals surface area (Å²) in [6.07, 6.45) is 7.70. The molecule has 1 N–H and O–H groups in total. The molecule has 0 spiro atoms. The van der Waals surface area contributed by atoms with Gasteiger partial charge in [-0.25, -0.2) is 0 Å². The highest BCUT2D eigenvalue weighted by atomic mass is 16.3. The molecule has 3 atom stereocenters. The molecule has 0 unspecified atom stereocenters. The number of likely N-dealkylation sites (tertiary alicyclic amines) is 1. The quantitative estimate of drug-likeness (QED) is 0.910. The SMILES string of the molecule is Cc1ccc(C(=O)N2CCC[C@@H]2[C@@H]2CCCC[C@@H]2O)cn1. The number of aryl methyl sites for hydroxylation is 1. The van der Waals surface area contributed by atoms with Crippen molar-refractivity contribution in [2.24, 2.45) is 5.92 Å². The summed E-state index contributed by atoms with van der Waals surface area (Å²) in [4.78, 5) is 18.9. The fraction of sp³-hybridized carbons (Fsp3) is 0.647. The summed E-state index contributed by atoms with van der Waals surface area (Å²) in [5.41, 5.74) is 1.59. The van der Waals surface area contributed by atoms with Crippen LogP contribution >= 0.6 is 0 Å². The Bertz CT molecular complexity index is 500. The number of rotatable bonds is 2. The summed E-state index contributed by atoms with van der Waals surface area (Å²) in [5.74, 6) is 0.325. The van der Waals surface area contributed by atoms with Crippen molar-refractivity contribution in [3.8, 4) is 0 Å². The molecule has 1 saturated carbocycles. The fourth-order valence-electron chi connectivity index (χ4n) is 3.84. The third-order valence-corrected chi connectivity index (χ3v) is 4.99. The van der Waals surface area contributed by atoms with Crippen LogP contribution in [-0.2, 0) is 0 Å². The average Bonchev–Trinajstić information content (AvgIpc) is 2.97. The van der Waals surface area contributed by atoms with Crippen LogP contribution in [0.15, 0.2) is 18.3 Å². The second-order valence-corrected chi connectivity index (χ2v) is 6.41. The molecule has 21 heavy (non-hydrogen) atoms. The van der Waals surface area contributed by atoms with Gasteiger partial charge in [0.2, 0.25) is 0 Å². The molecule has 1 aromatic rings.